The molecule has 0 aromatic heterocycles. The minimum Gasteiger partial charge on any atom is -0.508 e. The van der Waals surface area contributed by atoms with E-state index >= 15 is 0 Å². The molecule has 1 aromatic carbocycles. The largest absolute Gasteiger partial charge is 0.508 e. The molecular weight excluding hydrogens is 418 g/mol. The first-order valence-electron chi connectivity index (χ1n) is 13.8. The van der Waals surface area contributed by atoms with E-state index in [1.165, 1.54) is 62.5 Å². The zero-order valence-electron chi connectivity index (χ0n) is 20.7. The van der Waals surface area contributed by atoms with Crippen LogP contribution < -0.4 is 5.73 Å². The van der Waals surface area contributed by atoms with Crippen molar-refractivity contribution in [1.29, 1.82) is 0 Å². The number of hydrogen-bond donors (Lipinski definition) is 2. The van der Waals surface area contributed by atoms with Crippen molar-refractivity contribution in [3.8, 4) is 17.6 Å². The smallest absolute Gasteiger partial charge is 0.115 e. The van der Waals surface area contributed by atoms with Gasteiger partial charge in [-0.2, -0.15) is 0 Å². The van der Waals surface area contributed by atoms with E-state index in [0.29, 0.717) is 34.8 Å². The highest BCUT2D eigenvalue weighted by Crippen LogP contribution is 2.64. The second-order valence-electron chi connectivity index (χ2n) is 13.2. The Bertz CT molecular complexity index is 1100. The average molecular weight is 458 g/mol. The molecular formula is C31H39NO2. The number of ether oxygens (including phenoxy) is 1. The third kappa shape index (κ3) is 2.91. The van der Waals surface area contributed by atoms with Crippen LogP contribution in [0.25, 0.3) is 0 Å². The fraction of sp³-hybridized carbons (Fsp3) is 0.677. The van der Waals surface area contributed by atoms with Crippen molar-refractivity contribution in [3.05, 3.63) is 41.5 Å². The molecule has 1 aromatic rings. The summed E-state index contributed by atoms with van der Waals surface area (Å²) in [5.41, 5.74) is 9.71. The van der Waals surface area contributed by atoms with Crippen molar-refractivity contribution in [1.82, 2.24) is 0 Å². The van der Waals surface area contributed by atoms with E-state index in [1.807, 2.05) is 12.1 Å². The van der Waals surface area contributed by atoms with E-state index < -0.39 is 0 Å². The van der Waals surface area contributed by atoms with E-state index in [1.54, 1.807) is 0 Å². The number of hydrogen-bond acceptors (Lipinski definition) is 3. The maximum absolute atomic E-state index is 10.4. The number of phenols is 1. The number of aromatic hydroxyl groups is 1. The van der Waals surface area contributed by atoms with Gasteiger partial charge in [-0.05, 0) is 99.3 Å². The van der Waals surface area contributed by atoms with Gasteiger partial charge in [0.25, 0.3) is 0 Å². The highest BCUT2D eigenvalue weighted by Gasteiger charge is 2.64. The standard InChI is InChI=1S/C31H39NO2/c1-29(2)26-11-14-31(34-29)21-15-20(17-30(18-21)12-3-4-13-30)23-8-5-19(6-10-27(31)28(26)32)25-16-22(33)7-9-24(23)25/h5,7-9,16,19-21,23,26-28,33H,3-4,11-15,17-18,32H2,1-2H3/t19-,20+,21+,23-,26-,27+,28-,31+/m0/s1. The molecule has 0 amide bonds. The van der Waals surface area contributed by atoms with Crippen LogP contribution in [-0.2, 0) is 4.74 Å². The van der Waals surface area contributed by atoms with Gasteiger partial charge in [0, 0.05) is 17.9 Å². The van der Waals surface area contributed by atoms with Gasteiger partial charge < -0.3 is 15.6 Å². The van der Waals surface area contributed by atoms with Gasteiger partial charge in [0.15, 0.2) is 0 Å². The van der Waals surface area contributed by atoms with Gasteiger partial charge in [-0.25, -0.2) is 0 Å². The van der Waals surface area contributed by atoms with Crippen LogP contribution in [0.4, 0.5) is 0 Å². The molecule has 0 radical (unpaired) electrons. The fourth-order valence-corrected chi connectivity index (χ4v) is 9.70. The molecule has 6 bridgehead atoms. The van der Waals surface area contributed by atoms with E-state index in [9.17, 15) is 5.11 Å². The summed E-state index contributed by atoms with van der Waals surface area (Å²) in [4.78, 5) is 0. The molecule has 8 atom stereocenters. The molecule has 2 spiro atoms. The van der Waals surface area contributed by atoms with Crippen molar-refractivity contribution in [2.24, 2.45) is 34.8 Å². The first kappa shape index (κ1) is 21.5. The third-order valence-corrected chi connectivity index (χ3v) is 11.1. The minimum atomic E-state index is -0.225. The number of phenolic OH excluding ortho intramolecular Hbond substituents is 1. The number of benzene rings is 1. The Morgan fingerprint density at radius 3 is 2.65 bits per heavy atom. The van der Waals surface area contributed by atoms with Crippen molar-refractivity contribution >= 4 is 0 Å². The Kier molecular flexibility index (Phi) is 4.52. The van der Waals surface area contributed by atoms with Crippen LogP contribution in [0.3, 0.4) is 0 Å². The van der Waals surface area contributed by atoms with Crippen molar-refractivity contribution < 1.29 is 9.84 Å². The van der Waals surface area contributed by atoms with Crippen molar-refractivity contribution in [2.45, 2.75) is 101 Å². The molecule has 3 N–H and O–H groups in total. The summed E-state index contributed by atoms with van der Waals surface area (Å²) in [6.45, 7) is 4.56. The molecule has 2 aliphatic heterocycles. The predicted octanol–water partition coefficient (Wildman–Crippen LogP) is 6.02. The maximum atomic E-state index is 10.4. The molecule has 3 saturated carbocycles. The molecule has 0 unspecified atom stereocenters. The predicted molar refractivity (Wildman–Crippen MR) is 134 cm³/mol. The number of allylic oxidation sites excluding steroid dienone is 2. The Morgan fingerprint density at radius 2 is 1.85 bits per heavy atom. The van der Waals surface area contributed by atoms with Crippen molar-refractivity contribution in [2.75, 3.05) is 0 Å². The van der Waals surface area contributed by atoms with Crippen LogP contribution in [0, 0.1) is 40.9 Å². The molecule has 7 aliphatic rings. The Hall–Kier alpha value is -1.76. The summed E-state index contributed by atoms with van der Waals surface area (Å²) in [5.74, 6) is 9.77. The zero-order valence-corrected chi connectivity index (χ0v) is 20.7. The zero-order chi connectivity index (χ0) is 23.3. The summed E-state index contributed by atoms with van der Waals surface area (Å²) >= 11 is 0. The lowest BCUT2D eigenvalue weighted by Gasteiger charge is -2.65. The molecule has 2 saturated heterocycles. The fourth-order valence-electron chi connectivity index (χ4n) is 9.70. The van der Waals surface area contributed by atoms with Crippen LogP contribution in [0.2, 0.25) is 0 Å². The van der Waals surface area contributed by atoms with Gasteiger partial charge in [0.2, 0.25) is 0 Å². The number of fused-ring (bicyclic) bond motifs is 10. The highest BCUT2D eigenvalue weighted by atomic mass is 16.5. The average Bonchev–Trinajstić information content (AvgIpc) is 3.23. The SMILES string of the molecule is CC1(C)O[C@@]23CC[C@H]1[C@H](N)[C@H]2C#C[C@@H]1C=C[C@H](c2ccc(O)cc21)[C@@H]1C[C@@H]3CC2(CCCC2)C1. The molecule has 180 valence electrons. The van der Waals surface area contributed by atoms with Gasteiger partial charge in [0.05, 0.1) is 23.0 Å². The first-order chi connectivity index (χ1) is 16.3. The maximum Gasteiger partial charge on any atom is 0.115 e. The van der Waals surface area contributed by atoms with Crippen LogP contribution in [0.1, 0.15) is 94.6 Å². The van der Waals surface area contributed by atoms with Crippen molar-refractivity contribution in [3.63, 3.8) is 0 Å². The highest BCUT2D eigenvalue weighted by molar-refractivity contribution is 5.50. The van der Waals surface area contributed by atoms with Gasteiger partial charge in [0.1, 0.15) is 5.75 Å². The minimum absolute atomic E-state index is 0.0226. The molecule has 3 nitrogen and oxygen atoms in total. The van der Waals surface area contributed by atoms with E-state index in [0.717, 1.165) is 6.42 Å². The summed E-state index contributed by atoms with van der Waals surface area (Å²) in [5, 5.41) is 10.4. The van der Waals surface area contributed by atoms with Gasteiger partial charge in [-0.15, -0.1) is 0 Å². The topological polar surface area (TPSA) is 55.5 Å². The normalized spacial score (nSPS) is 44.6. The Labute approximate surface area is 204 Å². The van der Waals surface area contributed by atoms with Gasteiger partial charge in [-0.3, -0.25) is 0 Å². The second-order valence-corrected chi connectivity index (χ2v) is 13.2. The summed E-state index contributed by atoms with van der Waals surface area (Å²) < 4.78 is 7.24. The van der Waals surface area contributed by atoms with Gasteiger partial charge in [-0.1, -0.05) is 42.9 Å². The summed E-state index contributed by atoms with van der Waals surface area (Å²) in [6.07, 6.45) is 16.3. The molecule has 8 rings (SSSR count). The summed E-state index contributed by atoms with van der Waals surface area (Å²) in [7, 11) is 0. The summed E-state index contributed by atoms with van der Waals surface area (Å²) in [6, 6.07) is 6.09. The van der Waals surface area contributed by atoms with Crippen LogP contribution in [0.5, 0.6) is 5.75 Å². The number of nitrogens with two attached hydrogens (primary N) is 1. The molecule has 5 fully saturated rings. The molecule has 2 heterocycles. The molecule has 34 heavy (non-hydrogen) atoms. The van der Waals surface area contributed by atoms with Crippen LogP contribution >= 0.6 is 0 Å². The Balaban J connectivity index is 1.43. The van der Waals surface area contributed by atoms with Crippen LogP contribution in [0.15, 0.2) is 30.4 Å². The number of rotatable bonds is 0. The first-order valence-corrected chi connectivity index (χ1v) is 13.8. The van der Waals surface area contributed by atoms with E-state index in [4.69, 9.17) is 10.5 Å². The van der Waals surface area contributed by atoms with E-state index in [-0.39, 0.29) is 29.1 Å². The van der Waals surface area contributed by atoms with Crippen LogP contribution in [-0.4, -0.2) is 22.4 Å². The monoisotopic (exact) mass is 457 g/mol. The molecule has 3 heteroatoms. The molecule has 5 aliphatic carbocycles. The lowest BCUT2D eigenvalue weighted by Crippen LogP contribution is -2.71. The Morgan fingerprint density at radius 1 is 1.03 bits per heavy atom. The van der Waals surface area contributed by atoms with E-state index in [2.05, 4.69) is 43.9 Å². The second kappa shape index (κ2) is 7.14. The lowest BCUT2D eigenvalue weighted by atomic mass is 9.50. The lowest BCUT2D eigenvalue weighted by molar-refractivity contribution is -0.289. The quantitative estimate of drug-likeness (QED) is 0.370. The van der Waals surface area contributed by atoms with Gasteiger partial charge >= 0.3 is 0 Å². The third-order valence-electron chi connectivity index (χ3n) is 11.1.